The van der Waals surface area contributed by atoms with Crippen LogP contribution in [0.3, 0.4) is 0 Å². The number of thiocarbonyl (C=S) groups is 1. The number of halogens is 1. The number of nitrogens with two attached hydrogens (primary N) is 1. The zero-order valence-corrected chi connectivity index (χ0v) is 10.5. The van der Waals surface area contributed by atoms with Gasteiger partial charge in [0.2, 0.25) is 0 Å². The molecule has 5 heteroatoms. The summed E-state index contributed by atoms with van der Waals surface area (Å²) in [6.45, 7) is 0.615. The molecule has 3 nitrogen and oxygen atoms in total. The number of rotatable bonds is 5. The van der Waals surface area contributed by atoms with Crippen LogP contribution < -0.4 is 10.5 Å². The highest BCUT2D eigenvalue weighted by atomic mass is 79.9. The molecule has 15 heavy (non-hydrogen) atoms. The molecule has 0 radical (unpaired) electrons. The highest BCUT2D eigenvalue weighted by Gasteiger charge is 2.03. The molecule has 82 valence electrons. The molecule has 0 atom stereocenters. The average molecular weight is 290 g/mol. The number of hydrogen-bond donors (Lipinski definition) is 2. The van der Waals surface area contributed by atoms with Crippen LogP contribution in [0.15, 0.2) is 22.7 Å². The Bertz CT molecular complexity index is 357. The van der Waals surface area contributed by atoms with Crippen LogP contribution in [0, 0.1) is 0 Å². The predicted molar refractivity (Wildman–Crippen MR) is 67.2 cm³/mol. The van der Waals surface area contributed by atoms with Gasteiger partial charge in [0.25, 0.3) is 0 Å². The molecule has 0 bridgehead atoms. The first kappa shape index (κ1) is 12.4. The Hall–Kier alpha value is -0.650. The van der Waals surface area contributed by atoms with Crippen LogP contribution in [0.4, 0.5) is 0 Å². The lowest BCUT2D eigenvalue weighted by molar-refractivity contribution is 0.233. The molecule has 0 aliphatic heterocycles. The zero-order valence-electron chi connectivity index (χ0n) is 8.07. The van der Waals surface area contributed by atoms with Crippen molar-refractivity contribution in [3.05, 3.63) is 28.2 Å². The van der Waals surface area contributed by atoms with Crippen LogP contribution in [0.5, 0.6) is 5.75 Å². The van der Waals surface area contributed by atoms with Crippen LogP contribution in [-0.2, 0) is 0 Å². The molecule has 1 aromatic carbocycles. The number of aliphatic hydroxyl groups excluding tert-OH is 1. The molecule has 0 heterocycles. The Morgan fingerprint density at radius 2 is 2.27 bits per heavy atom. The smallest absolute Gasteiger partial charge is 0.133 e. The molecule has 3 N–H and O–H groups in total. The van der Waals surface area contributed by atoms with E-state index >= 15 is 0 Å². The van der Waals surface area contributed by atoms with Crippen molar-refractivity contribution in [3.63, 3.8) is 0 Å². The normalized spacial score (nSPS) is 10.0. The average Bonchev–Trinajstić information content (AvgIpc) is 2.20. The van der Waals surface area contributed by atoms with E-state index in [2.05, 4.69) is 15.9 Å². The summed E-state index contributed by atoms with van der Waals surface area (Å²) in [4.78, 5) is 0.359. The van der Waals surface area contributed by atoms with Gasteiger partial charge in [-0.3, -0.25) is 0 Å². The van der Waals surface area contributed by atoms with Gasteiger partial charge < -0.3 is 15.6 Å². The fourth-order valence-electron chi connectivity index (χ4n) is 1.02. The highest BCUT2D eigenvalue weighted by Crippen LogP contribution is 2.26. The predicted octanol–water partition coefficient (Wildman–Crippen LogP) is 1.84. The van der Waals surface area contributed by atoms with Gasteiger partial charge in [-0.2, -0.15) is 0 Å². The Labute approximate surface area is 102 Å². The Kier molecular flexibility index (Phi) is 5.01. The summed E-state index contributed by atoms with van der Waals surface area (Å²) in [6.07, 6.45) is 0.615. The molecule has 0 aromatic heterocycles. The third-order valence-electron chi connectivity index (χ3n) is 1.78. The van der Waals surface area contributed by atoms with Crippen molar-refractivity contribution in [3.8, 4) is 5.75 Å². The Balaban J connectivity index is 2.70. The summed E-state index contributed by atoms with van der Waals surface area (Å²) in [5.41, 5.74) is 6.29. The number of aliphatic hydroxyl groups is 1. The van der Waals surface area contributed by atoms with Gasteiger partial charge in [0.1, 0.15) is 10.7 Å². The second-order valence-corrected chi connectivity index (χ2v) is 4.23. The molecular weight excluding hydrogens is 278 g/mol. The van der Waals surface area contributed by atoms with Gasteiger partial charge in [-0.05, 0) is 34.1 Å². The summed E-state index contributed by atoms with van der Waals surface area (Å²) < 4.78 is 6.23. The fourth-order valence-corrected chi connectivity index (χ4v) is 1.64. The van der Waals surface area contributed by atoms with Gasteiger partial charge in [0, 0.05) is 18.6 Å². The molecule has 0 spiro atoms. The first-order chi connectivity index (χ1) is 7.15. The van der Waals surface area contributed by atoms with Crippen LogP contribution in [-0.4, -0.2) is 23.3 Å². The summed E-state index contributed by atoms with van der Waals surface area (Å²) in [7, 11) is 0. The number of ether oxygens (including phenoxy) is 1. The van der Waals surface area contributed by atoms with E-state index in [0.29, 0.717) is 18.0 Å². The summed E-state index contributed by atoms with van der Waals surface area (Å²) >= 11 is 8.22. The SMILES string of the molecule is NC(=S)c1ccc(OCCCO)c(Br)c1. The van der Waals surface area contributed by atoms with E-state index in [4.69, 9.17) is 27.8 Å². The van der Waals surface area contributed by atoms with Gasteiger partial charge in [-0.15, -0.1) is 0 Å². The van der Waals surface area contributed by atoms with Crippen LogP contribution >= 0.6 is 28.1 Å². The zero-order chi connectivity index (χ0) is 11.3. The minimum absolute atomic E-state index is 0.128. The lowest BCUT2D eigenvalue weighted by Crippen LogP contribution is -2.09. The molecule has 0 fully saturated rings. The molecular formula is C10H12BrNO2S. The molecule has 0 aliphatic rings. The second-order valence-electron chi connectivity index (χ2n) is 2.94. The topological polar surface area (TPSA) is 55.5 Å². The minimum Gasteiger partial charge on any atom is -0.492 e. The first-order valence-corrected chi connectivity index (χ1v) is 5.68. The summed E-state index contributed by atoms with van der Waals surface area (Å²) in [6, 6.07) is 5.42. The quantitative estimate of drug-likeness (QED) is 0.642. The van der Waals surface area contributed by atoms with Crippen molar-refractivity contribution in [1.29, 1.82) is 0 Å². The van der Waals surface area contributed by atoms with Gasteiger partial charge in [-0.1, -0.05) is 12.2 Å². The molecule has 0 amide bonds. The van der Waals surface area contributed by atoms with E-state index < -0.39 is 0 Å². The van der Waals surface area contributed by atoms with Crippen molar-refractivity contribution in [2.45, 2.75) is 6.42 Å². The summed E-state index contributed by atoms with van der Waals surface area (Å²) in [5, 5.41) is 8.61. The number of hydrogen-bond acceptors (Lipinski definition) is 3. The van der Waals surface area contributed by atoms with Crippen LogP contribution in [0.2, 0.25) is 0 Å². The first-order valence-electron chi connectivity index (χ1n) is 4.48. The maximum Gasteiger partial charge on any atom is 0.133 e. The van der Waals surface area contributed by atoms with Gasteiger partial charge in [-0.25, -0.2) is 0 Å². The fraction of sp³-hybridized carbons (Fsp3) is 0.300. The van der Waals surface area contributed by atoms with Crippen molar-refractivity contribution in [2.24, 2.45) is 5.73 Å². The highest BCUT2D eigenvalue weighted by molar-refractivity contribution is 9.10. The second kappa shape index (κ2) is 6.05. The molecule has 0 saturated carbocycles. The van der Waals surface area contributed by atoms with Crippen molar-refractivity contribution in [2.75, 3.05) is 13.2 Å². The molecule has 0 aliphatic carbocycles. The third-order valence-corrected chi connectivity index (χ3v) is 2.63. The molecule has 1 rings (SSSR count). The van der Waals surface area contributed by atoms with E-state index in [-0.39, 0.29) is 6.61 Å². The minimum atomic E-state index is 0.128. The Morgan fingerprint density at radius 1 is 1.53 bits per heavy atom. The van der Waals surface area contributed by atoms with E-state index in [0.717, 1.165) is 15.8 Å². The maximum atomic E-state index is 8.61. The lowest BCUT2D eigenvalue weighted by atomic mass is 10.2. The maximum absolute atomic E-state index is 8.61. The van der Waals surface area contributed by atoms with Crippen molar-refractivity contribution >= 4 is 33.1 Å². The van der Waals surface area contributed by atoms with E-state index in [9.17, 15) is 0 Å². The molecule has 0 saturated heterocycles. The third kappa shape index (κ3) is 3.77. The molecule has 0 unspecified atom stereocenters. The monoisotopic (exact) mass is 289 g/mol. The largest absolute Gasteiger partial charge is 0.492 e. The van der Waals surface area contributed by atoms with Gasteiger partial charge in [0.15, 0.2) is 0 Å². The van der Waals surface area contributed by atoms with Gasteiger partial charge in [0.05, 0.1) is 11.1 Å². The molecule has 1 aromatic rings. The van der Waals surface area contributed by atoms with Crippen molar-refractivity contribution < 1.29 is 9.84 Å². The summed E-state index contributed by atoms with van der Waals surface area (Å²) in [5.74, 6) is 0.725. The lowest BCUT2D eigenvalue weighted by Gasteiger charge is -2.08. The standard InChI is InChI=1S/C10H12BrNO2S/c11-8-6-7(10(12)15)2-3-9(8)14-5-1-4-13/h2-3,6,13H,1,4-5H2,(H2,12,15). The van der Waals surface area contributed by atoms with Crippen molar-refractivity contribution in [1.82, 2.24) is 0 Å². The van der Waals surface area contributed by atoms with Crippen LogP contribution in [0.25, 0.3) is 0 Å². The van der Waals surface area contributed by atoms with Crippen LogP contribution in [0.1, 0.15) is 12.0 Å². The van der Waals surface area contributed by atoms with E-state index in [1.54, 1.807) is 12.1 Å². The van der Waals surface area contributed by atoms with Gasteiger partial charge >= 0.3 is 0 Å². The number of benzene rings is 1. The van der Waals surface area contributed by atoms with E-state index in [1.165, 1.54) is 0 Å². The van der Waals surface area contributed by atoms with E-state index in [1.807, 2.05) is 6.07 Å². The Morgan fingerprint density at radius 3 is 2.80 bits per heavy atom.